The number of phenols is 1. The summed E-state index contributed by atoms with van der Waals surface area (Å²) in [5.74, 6) is 0.0000108. The highest BCUT2D eigenvalue weighted by molar-refractivity contribution is 6.30. The topological polar surface area (TPSA) is 88.0 Å². The highest BCUT2D eigenvalue weighted by atomic mass is 35.5. The van der Waals surface area contributed by atoms with E-state index in [1.54, 1.807) is 25.7 Å². The van der Waals surface area contributed by atoms with Gasteiger partial charge < -0.3 is 24.4 Å². The number of ether oxygens (including phenoxy) is 2. The van der Waals surface area contributed by atoms with Gasteiger partial charge in [-0.25, -0.2) is 13.6 Å². The number of likely N-dealkylation sites (tertiary alicyclic amines) is 1. The van der Waals surface area contributed by atoms with E-state index in [-0.39, 0.29) is 45.6 Å². The molecule has 0 bridgehead atoms. The number of hydrogen-bond donors (Lipinski definition) is 1. The highest BCUT2D eigenvalue weighted by Gasteiger charge is 2.40. The molecule has 1 aromatic heterocycles. The molecular formula is C23H27ClF2N4O4. The second-order valence-corrected chi connectivity index (χ2v) is 9.79. The molecule has 2 saturated heterocycles. The number of halogens is 3. The van der Waals surface area contributed by atoms with Crippen LogP contribution in [0, 0.1) is 0 Å². The number of morpholine rings is 1. The zero-order valence-corrected chi connectivity index (χ0v) is 19.9. The third-order valence-electron chi connectivity index (χ3n) is 5.79. The SMILES string of the molecule is CC(C)(C)OC(=O)N1CC[C@H]2OCCN(c3cc(C(F)F)c(-c4ccc(Cl)cc4O)nn3)[C@H]2C1. The number of aromatic nitrogens is 2. The van der Waals surface area contributed by atoms with Gasteiger partial charge in [-0.2, -0.15) is 0 Å². The van der Waals surface area contributed by atoms with Crippen LogP contribution in [0.2, 0.25) is 5.02 Å². The molecule has 1 amide bonds. The van der Waals surface area contributed by atoms with Crippen LogP contribution < -0.4 is 4.90 Å². The van der Waals surface area contributed by atoms with Crippen LogP contribution in [0.15, 0.2) is 24.3 Å². The lowest BCUT2D eigenvalue weighted by Gasteiger charge is -2.47. The molecule has 4 rings (SSSR count). The molecule has 2 fully saturated rings. The quantitative estimate of drug-likeness (QED) is 0.661. The summed E-state index contributed by atoms with van der Waals surface area (Å²) in [6.07, 6.45) is -2.86. The molecule has 2 atom stereocenters. The van der Waals surface area contributed by atoms with Gasteiger partial charge >= 0.3 is 6.09 Å². The normalized spacial score (nSPS) is 20.9. The van der Waals surface area contributed by atoms with Crippen molar-refractivity contribution in [2.75, 3.05) is 31.1 Å². The van der Waals surface area contributed by atoms with Gasteiger partial charge in [0.1, 0.15) is 17.0 Å². The molecular weight excluding hydrogens is 470 g/mol. The number of piperidine rings is 1. The van der Waals surface area contributed by atoms with Gasteiger partial charge in [0.2, 0.25) is 0 Å². The van der Waals surface area contributed by atoms with Crippen molar-refractivity contribution in [2.24, 2.45) is 0 Å². The third-order valence-corrected chi connectivity index (χ3v) is 6.03. The predicted octanol–water partition coefficient (Wildman–Crippen LogP) is 4.65. The molecule has 8 nitrogen and oxygen atoms in total. The van der Waals surface area contributed by atoms with E-state index in [1.165, 1.54) is 24.3 Å². The number of aromatic hydroxyl groups is 1. The molecule has 0 unspecified atom stereocenters. The number of alkyl halides is 2. The number of hydrogen-bond acceptors (Lipinski definition) is 7. The van der Waals surface area contributed by atoms with Crippen molar-refractivity contribution in [3.05, 3.63) is 34.9 Å². The van der Waals surface area contributed by atoms with E-state index in [0.717, 1.165) is 0 Å². The monoisotopic (exact) mass is 496 g/mol. The van der Waals surface area contributed by atoms with Crippen LogP contribution in [0.1, 0.15) is 39.2 Å². The Morgan fingerprint density at radius 1 is 1.26 bits per heavy atom. The van der Waals surface area contributed by atoms with Gasteiger partial charge in [-0.1, -0.05) is 11.6 Å². The molecule has 0 radical (unpaired) electrons. The molecule has 0 spiro atoms. The van der Waals surface area contributed by atoms with E-state index < -0.39 is 18.1 Å². The summed E-state index contributed by atoms with van der Waals surface area (Å²) in [5.41, 5.74) is -0.980. The Balaban J connectivity index is 1.63. The van der Waals surface area contributed by atoms with Gasteiger partial charge in [-0.15, -0.1) is 10.2 Å². The fourth-order valence-electron chi connectivity index (χ4n) is 4.27. The van der Waals surface area contributed by atoms with Crippen LogP contribution in [-0.2, 0) is 9.47 Å². The van der Waals surface area contributed by atoms with Gasteiger partial charge in [-0.05, 0) is 51.5 Å². The highest BCUT2D eigenvalue weighted by Crippen LogP contribution is 2.38. The average molecular weight is 497 g/mol. The Kier molecular flexibility index (Phi) is 6.82. The fourth-order valence-corrected chi connectivity index (χ4v) is 4.43. The van der Waals surface area contributed by atoms with Crippen molar-refractivity contribution in [1.29, 1.82) is 0 Å². The van der Waals surface area contributed by atoms with Crippen molar-refractivity contribution in [3.63, 3.8) is 0 Å². The van der Waals surface area contributed by atoms with Crippen LogP contribution in [0.4, 0.5) is 19.4 Å². The summed E-state index contributed by atoms with van der Waals surface area (Å²) in [7, 11) is 0. The van der Waals surface area contributed by atoms with E-state index in [9.17, 15) is 18.7 Å². The lowest BCUT2D eigenvalue weighted by molar-refractivity contribution is -0.0372. The van der Waals surface area contributed by atoms with Crippen molar-refractivity contribution in [2.45, 2.75) is 51.4 Å². The van der Waals surface area contributed by atoms with Gasteiger partial charge in [0, 0.05) is 35.8 Å². The van der Waals surface area contributed by atoms with E-state index in [0.29, 0.717) is 32.7 Å². The van der Waals surface area contributed by atoms with Crippen LogP contribution in [0.5, 0.6) is 5.75 Å². The predicted molar refractivity (Wildman–Crippen MR) is 122 cm³/mol. The molecule has 2 aliphatic rings. The first-order valence-electron chi connectivity index (χ1n) is 11.0. The molecule has 184 valence electrons. The molecule has 0 saturated carbocycles. The summed E-state index contributed by atoms with van der Waals surface area (Å²) < 4.78 is 39.5. The number of phenolic OH excluding ortho intramolecular Hbond substituents is 1. The van der Waals surface area contributed by atoms with Crippen LogP contribution in [0.25, 0.3) is 11.3 Å². The smallest absolute Gasteiger partial charge is 0.410 e. The fraction of sp³-hybridized carbons (Fsp3) is 0.522. The second kappa shape index (κ2) is 9.50. The van der Waals surface area contributed by atoms with Crippen molar-refractivity contribution >= 4 is 23.5 Å². The number of anilines is 1. The number of fused-ring (bicyclic) bond motifs is 1. The Labute approximate surface area is 201 Å². The Bertz CT molecular complexity index is 1070. The number of benzene rings is 1. The molecule has 34 heavy (non-hydrogen) atoms. The van der Waals surface area contributed by atoms with Crippen molar-refractivity contribution < 1.29 is 28.2 Å². The van der Waals surface area contributed by atoms with E-state index in [4.69, 9.17) is 21.1 Å². The second-order valence-electron chi connectivity index (χ2n) is 9.35. The Morgan fingerprint density at radius 3 is 2.71 bits per heavy atom. The number of carbonyl (C=O) groups is 1. The third kappa shape index (κ3) is 5.17. The molecule has 1 N–H and O–H groups in total. The Morgan fingerprint density at radius 2 is 2.03 bits per heavy atom. The maximum Gasteiger partial charge on any atom is 0.410 e. The largest absolute Gasteiger partial charge is 0.507 e. The summed E-state index contributed by atoms with van der Waals surface area (Å²) in [5, 5.41) is 18.8. The number of nitrogens with zero attached hydrogens (tertiary/aromatic N) is 4. The maximum absolute atomic E-state index is 14.0. The van der Waals surface area contributed by atoms with Crippen LogP contribution in [0.3, 0.4) is 0 Å². The first-order chi connectivity index (χ1) is 16.0. The summed E-state index contributed by atoms with van der Waals surface area (Å²) in [4.78, 5) is 16.1. The molecule has 2 aromatic rings. The summed E-state index contributed by atoms with van der Waals surface area (Å²) in [6, 6.07) is 5.18. The maximum atomic E-state index is 14.0. The van der Waals surface area contributed by atoms with Crippen LogP contribution >= 0.6 is 11.6 Å². The number of carbonyl (C=O) groups excluding carboxylic acids is 1. The van der Waals surface area contributed by atoms with Gasteiger partial charge in [0.05, 0.1) is 18.8 Å². The number of rotatable bonds is 3. The van der Waals surface area contributed by atoms with E-state index >= 15 is 0 Å². The van der Waals surface area contributed by atoms with Gasteiger partial charge in [0.25, 0.3) is 6.43 Å². The van der Waals surface area contributed by atoms with Crippen LogP contribution in [-0.4, -0.2) is 70.3 Å². The zero-order chi connectivity index (χ0) is 24.6. The minimum absolute atomic E-state index is 0.114. The minimum atomic E-state index is -2.85. The Hall–Kier alpha value is -2.72. The van der Waals surface area contributed by atoms with Crippen molar-refractivity contribution in [3.8, 4) is 17.0 Å². The minimum Gasteiger partial charge on any atom is -0.507 e. The average Bonchev–Trinajstić information content (AvgIpc) is 2.77. The first kappa shape index (κ1) is 24.4. The summed E-state index contributed by atoms with van der Waals surface area (Å²) >= 11 is 5.87. The summed E-state index contributed by atoms with van der Waals surface area (Å²) in [6.45, 7) is 7.00. The molecule has 11 heteroatoms. The van der Waals surface area contributed by atoms with Gasteiger partial charge in [-0.3, -0.25) is 0 Å². The molecule has 0 aliphatic carbocycles. The van der Waals surface area contributed by atoms with E-state index in [1.807, 2.05) is 4.90 Å². The standard InChI is InChI=1S/C23H27ClF2N4O4/c1-23(2,3)34-22(32)29-7-6-18-16(12-29)30(8-9-33-18)19-11-15(21(25)26)20(28-27-19)14-5-4-13(24)10-17(14)31/h4-5,10-11,16,18,21,31H,6-9,12H2,1-3H3/t16-,18+/m0/s1. The number of amides is 1. The zero-order valence-electron chi connectivity index (χ0n) is 19.2. The molecule has 3 heterocycles. The lowest BCUT2D eigenvalue weighted by Crippen LogP contribution is -2.61. The molecule has 1 aromatic carbocycles. The van der Waals surface area contributed by atoms with Gasteiger partial charge in [0.15, 0.2) is 5.82 Å². The lowest BCUT2D eigenvalue weighted by atomic mass is 9.98. The molecule has 2 aliphatic heterocycles. The van der Waals surface area contributed by atoms with Crippen molar-refractivity contribution in [1.82, 2.24) is 15.1 Å². The van der Waals surface area contributed by atoms with E-state index in [2.05, 4.69) is 10.2 Å². The first-order valence-corrected chi connectivity index (χ1v) is 11.4.